The number of ether oxygens (including phenoxy) is 2. The SMILES string of the molecule is C[Si](C)(C)c1cc(NC(=O)Nc2ccc(OCCN3CCOCC3)c3ccccc23)n(-c2ccccc2)n1. The van der Waals surface area contributed by atoms with E-state index in [0.29, 0.717) is 12.4 Å². The highest BCUT2D eigenvalue weighted by Crippen LogP contribution is 2.32. The number of benzene rings is 3. The van der Waals surface area contributed by atoms with Crippen molar-refractivity contribution in [3.05, 3.63) is 72.8 Å². The van der Waals surface area contributed by atoms with Gasteiger partial charge in [0, 0.05) is 35.7 Å². The van der Waals surface area contributed by atoms with Crippen LogP contribution in [0.2, 0.25) is 19.6 Å². The van der Waals surface area contributed by atoms with Gasteiger partial charge in [-0.25, -0.2) is 9.48 Å². The van der Waals surface area contributed by atoms with Gasteiger partial charge in [0.25, 0.3) is 0 Å². The molecule has 2 heterocycles. The lowest BCUT2D eigenvalue weighted by atomic mass is 10.1. The van der Waals surface area contributed by atoms with Crippen LogP contribution in [0.15, 0.2) is 72.8 Å². The van der Waals surface area contributed by atoms with E-state index in [1.165, 1.54) is 0 Å². The minimum absolute atomic E-state index is 0.324. The molecule has 9 heteroatoms. The number of carbonyl (C=O) groups is 1. The first-order chi connectivity index (χ1) is 18.4. The third-order valence-electron chi connectivity index (χ3n) is 6.62. The van der Waals surface area contributed by atoms with Gasteiger partial charge in [-0.05, 0) is 30.3 Å². The largest absolute Gasteiger partial charge is 0.492 e. The van der Waals surface area contributed by atoms with E-state index in [2.05, 4.69) is 35.2 Å². The Labute approximate surface area is 224 Å². The molecule has 0 aliphatic carbocycles. The fourth-order valence-electron chi connectivity index (χ4n) is 4.49. The molecule has 0 spiro atoms. The number of rotatable bonds is 8. The normalized spacial score (nSPS) is 14.4. The van der Waals surface area contributed by atoms with Gasteiger partial charge in [0.2, 0.25) is 0 Å². The van der Waals surface area contributed by atoms with Crippen LogP contribution in [-0.2, 0) is 4.74 Å². The lowest BCUT2D eigenvalue weighted by Gasteiger charge is -2.26. The second kappa shape index (κ2) is 11.4. The molecule has 198 valence electrons. The molecule has 1 fully saturated rings. The van der Waals surface area contributed by atoms with Crippen LogP contribution < -0.4 is 20.7 Å². The number of para-hydroxylation sites is 1. The van der Waals surface area contributed by atoms with Gasteiger partial charge in [-0.15, -0.1) is 0 Å². The highest BCUT2D eigenvalue weighted by atomic mass is 28.3. The van der Waals surface area contributed by atoms with Crippen LogP contribution in [0.3, 0.4) is 0 Å². The number of urea groups is 1. The summed E-state index contributed by atoms with van der Waals surface area (Å²) in [6, 6.07) is 23.3. The first kappa shape index (κ1) is 26.0. The van der Waals surface area contributed by atoms with Crippen molar-refractivity contribution in [3.63, 3.8) is 0 Å². The van der Waals surface area contributed by atoms with Gasteiger partial charge in [0.15, 0.2) is 0 Å². The summed E-state index contributed by atoms with van der Waals surface area (Å²) in [7, 11) is -1.69. The van der Waals surface area contributed by atoms with E-state index >= 15 is 0 Å². The molecule has 3 aromatic carbocycles. The van der Waals surface area contributed by atoms with Crippen molar-refractivity contribution < 1.29 is 14.3 Å². The van der Waals surface area contributed by atoms with Crippen molar-refractivity contribution in [1.82, 2.24) is 14.7 Å². The maximum absolute atomic E-state index is 13.2. The summed E-state index contributed by atoms with van der Waals surface area (Å²) in [5.41, 5.74) is 1.62. The molecule has 38 heavy (non-hydrogen) atoms. The van der Waals surface area contributed by atoms with Crippen LogP contribution in [0.1, 0.15) is 0 Å². The predicted octanol–water partition coefficient (Wildman–Crippen LogP) is 4.93. The van der Waals surface area contributed by atoms with Gasteiger partial charge in [0.1, 0.15) is 26.2 Å². The van der Waals surface area contributed by atoms with Gasteiger partial charge in [-0.1, -0.05) is 62.1 Å². The topological polar surface area (TPSA) is 80.6 Å². The van der Waals surface area contributed by atoms with Crippen molar-refractivity contribution in [2.75, 3.05) is 50.1 Å². The number of hydrogen-bond donors (Lipinski definition) is 2. The molecule has 0 unspecified atom stereocenters. The van der Waals surface area contributed by atoms with Crippen molar-refractivity contribution >= 4 is 41.7 Å². The second-order valence-corrected chi connectivity index (χ2v) is 15.5. The fourth-order valence-corrected chi connectivity index (χ4v) is 5.46. The van der Waals surface area contributed by atoms with Crippen LogP contribution in [0.4, 0.5) is 16.3 Å². The van der Waals surface area contributed by atoms with E-state index in [-0.39, 0.29) is 6.03 Å². The van der Waals surface area contributed by atoms with Crippen LogP contribution in [-0.4, -0.2) is 68.2 Å². The molecule has 1 saturated heterocycles. The van der Waals surface area contributed by atoms with Crippen molar-refractivity contribution in [1.29, 1.82) is 0 Å². The molecule has 2 N–H and O–H groups in total. The quantitative estimate of drug-likeness (QED) is 0.317. The van der Waals surface area contributed by atoms with E-state index in [0.717, 1.165) is 66.1 Å². The number of fused-ring (bicyclic) bond motifs is 1. The van der Waals surface area contributed by atoms with Gasteiger partial charge in [-0.2, -0.15) is 5.10 Å². The number of amides is 2. The molecule has 5 rings (SSSR count). The zero-order valence-corrected chi connectivity index (χ0v) is 23.2. The summed E-state index contributed by atoms with van der Waals surface area (Å²) < 4.78 is 13.4. The summed E-state index contributed by atoms with van der Waals surface area (Å²) in [5.74, 6) is 1.44. The monoisotopic (exact) mass is 529 g/mol. The fraction of sp³-hybridized carbons (Fsp3) is 0.310. The van der Waals surface area contributed by atoms with E-state index in [1.54, 1.807) is 4.68 Å². The molecular weight excluding hydrogens is 494 g/mol. The summed E-state index contributed by atoms with van der Waals surface area (Å²) >= 11 is 0. The van der Waals surface area contributed by atoms with Crippen molar-refractivity contribution in [2.24, 2.45) is 0 Å². The molecule has 0 saturated carbocycles. The molecule has 8 nitrogen and oxygen atoms in total. The number of hydrogen-bond acceptors (Lipinski definition) is 5. The number of morpholine rings is 1. The smallest absolute Gasteiger partial charge is 0.324 e. The summed E-state index contributed by atoms with van der Waals surface area (Å²) in [4.78, 5) is 15.5. The Kier molecular flexibility index (Phi) is 7.78. The Bertz CT molecular complexity index is 1390. The van der Waals surface area contributed by atoms with Gasteiger partial charge < -0.3 is 14.8 Å². The first-order valence-electron chi connectivity index (χ1n) is 13.1. The molecule has 0 atom stereocenters. The number of carbonyl (C=O) groups excluding carboxylic acids is 1. The Morgan fingerprint density at radius 1 is 0.947 bits per heavy atom. The Morgan fingerprint density at radius 2 is 1.66 bits per heavy atom. The van der Waals surface area contributed by atoms with Crippen LogP contribution >= 0.6 is 0 Å². The zero-order chi connectivity index (χ0) is 26.5. The van der Waals surface area contributed by atoms with Crippen LogP contribution in [0, 0.1) is 0 Å². The van der Waals surface area contributed by atoms with Crippen LogP contribution in [0.25, 0.3) is 16.5 Å². The third-order valence-corrected chi connectivity index (χ3v) is 8.40. The van der Waals surface area contributed by atoms with E-state index in [9.17, 15) is 4.79 Å². The Morgan fingerprint density at radius 3 is 2.39 bits per heavy atom. The standard InChI is InChI=1S/C29H35N5O3Si/c1-38(2,3)28-21-27(34(32-28)22-9-5-4-6-10-22)31-29(35)30-25-13-14-26(24-12-8-7-11-23(24)25)37-20-17-33-15-18-36-19-16-33/h4-14,21H,15-20H2,1-3H3,(H2,30,31,35). The highest BCUT2D eigenvalue weighted by Gasteiger charge is 2.23. The molecular formula is C29H35N5O3Si. The average molecular weight is 530 g/mol. The molecule has 0 radical (unpaired) electrons. The summed E-state index contributed by atoms with van der Waals surface area (Å²) in [5, 5.41) is 13.8. The maximum atomic E-state index is 13.2. The minimum Gasteiger partial charge on any atom is -0.492 e. The Balaban J connectivity index is 1.33. The van der Waals surface area contributed by atoms with E-state index in [4.69, 9.17) is 14.6 Å². The first-order valence-corrected chi connectivity index (χ1v) is 16.6. The molecule has 4 aromatic rings. The van der Waals surface area contributed by atoms with Crippen molar-refractivity contribution in [3.8, 4) is 11.4 Å². The molecule has 0 bridgehead atoms. The molecule has 1 aromatic heterocycles. The van der Waals surface area contributed by atoms with Gasteiger partial charge >= 0.3 is 6.03 Å². The summed E-state index contributed by atoms with van der Waals surface area (Å²) in [6.45, 7) is 11.6. The molecule has 2 amide bonds. The number of nitrogens with zero attached hydrogens (tertiary/aromatic N) is 3. The van der Waals surface area contributed by atoms with E-state index in [1.807, 2.05) is 72.8 Å². The summed E-state index contributed by atoms with van der Waals surface area (Å²) in [6.07, 6.45) is 0. The van der Waals surface area contributed by atoms with Gasteiger partial charge in [-0.3, -0.25) is 10.2 Å². The zero-order valence-electron chi connectivity index (χ0n) is 22.2. The number of anilines is 2. The molecule has 1 aliphatic rings. The lowest BCUT2D eigenvalue weighted by molar-refractivity contribution is 0.0323. The average Bonchev–Trinajstić information content (AvgIpc) is 3.35. The molecule has 1 aliphatic heterocycles. The highest BCUT2D eigenvalue weighted by molar-refractivity contribution is 6.88. The van der Waals surface area contributed by atoms with Gasteiger partial charge in [0.05, 0.1) is 24.6 Å². The maximum Gasteiger partial charge on any atom is 0.324 e. The lowest BCUT2D eigenvalue weighted by Crippen LogP contribution is -2.39. The Hall–Kier alpha value is -3.66. The van der Waals surface area contributed by atoms with Crippen LogP contribution in [0.5, 0.6) is 5.75 Å². The number of nitrogens with one attached hydrogen (secondary N) is 2. The second-order valence-electron chi connectivity index (χ2n) is 10.5. The minimum atomic E-state index is -1.69. The van der Waals surface area contributed by atoms with Crippen molar-refractivity contribution in [2.45, 2.75) is 19.6 Å². The van der Waals surface area contributed by atoms with E-state index < -0.39 is 8.07 Å². The third kappa shape index (κ3) is 6.07. The predicted molar refractivity (Wildman–Crippen MR) is 156 cm³/mol. The number of aromatic nitrogens is 2.